The first-order valence-corrected chi connectivity index (χ1v) is 12.2. The van der Waals surface area contributed by atoms with E-state index in [9.17, 15) is 9.90 Å². The highest BCUT2D eigenvalue weighted by molar-refractivity contribution is 6.62. The monoisotopic (exact) mass is 507 g/mol. The lowest BCUT2D eigenvalue weighted by Crippen LogP contribution is -2.41. The van der Waals surface area contributed by atoms with E-state index >= 15 is 0 Å². The SMILES string of the molecule is Cc1cc(-c2cc(B3OC(C)(C)C(C)(C)O3)cnc2N)ccc1C(=O)NC(CO)c1cccc(Cl)c1. The number of benzene rings is 2. The lowest BCUT2D eigenvalue weighted by Gasteiger charge is -2.32. The number of aryl methyl sites for hydroxylation is 1. The Balaban J connectivity index is 1.58. The van der Waals surface area contributed by atoms with Crippen LogP contribution in [0.2, 0.25) is 5.02 Å². The van der Waals surface area contributed by atoms with Crippen LogP contribution in [0, 0.1) is 6.92 Å². The number of carbonyl (C=O) groups excluding carboxylic acids is 1. The third-order valence-corrected chi connectivity index (χ3v) is 7.22. The van der Waals surface area contributed by atoms with Crippen molar-refractivity contribution < 1.29 is 19.2 Å². The molecule has 2 heterocycles. The normalized spacial score (nSPS) is 17.1. The van der Waals surface area contributed by atoms with Gasteiger partial charge in [0, 0.05) is 27.8 Å². The van der Waals surface area contributed by atoms with Gasteiger partial charge in [-0.2, -0.15) is 0 Å². The van der Waals surface area contributed by atoms with Gasteiger partial charge in [0.1, 0.15) is 5.82 Å². The summed E-state index contributed by atoms with van der Waals surface area (Å²) < 4.78 is 12.3. The van der Waals surface area contributed by atoms with Crippen molar-refractivity contribution >= 4 is 35.9 Å². The van der Waals surface area contributed by atoms with Crippen LogP contribution in [0.5, 0.6) is 0 Å². The van der Waals surface area contributed by atoms with E-state index in [2.05, 4.69) is 10.3 Å². The predicted molar refractivity (Wildman–Crippen MR) is 143 cm³/mol. The van der Waals surface area contributed by atoms with E-state index < -0.39 is 24.4 Å². The molecule has 1 aliphatic heterocycles. The molecule has 1 saturated heterocycles. The van der Waals surface area contributed by atoms with Crippen molar-refractivity contribution in [2.45, 2.75) is 51.9 Å². The molecule has 4 N–H and O–H groups in total. The van der Waals surface area contributed by atoms with Crippen molar-refractivity contribution in [1.82, 2.24) is 10.3 Å². The Morgan fingerprint density at radius 3 is 2.44 bits per heavy atom. The third-order valence-electron chi connectivity index (χ3n) is 6.99. The highest BCUT2D eigenvalue weighted by Crippen LogP contribution is 2.37. The van der Waals surface area contributed by atoms with Gasteiger partial charge in [-0.1, -0.05) is 35.9 Å². The lowest BCUT2D eigenvalue weighted by molar-refractivity contribution is 0.00578. The van der Waals surface area contributed by atoms with E-state index in [1.54, 1.807) is 30.5 Å². The van der Waals surface area contributed by atoms with Crippen LogP contribution in [-0.4, -0.2) is 40.9 Å². The Hall–Kier alpha value is -2.91. The van der Waals surface area contributed by atoms with E-state index in [0.717, 1.165) is 27.7 Å². The van der Waals surface area contributed by atoms with Gasteiger partial charge in [-0.3, -0.25) is 4.79 Å². The van der Waals surface area contributed by atoms with Crippen LogP contribution in [0.4, 0.5) is 5.82 Å². The van der Waals surface area contributed by atoms with Crippen molar-refractivity contribution in [1.29, 1.82) is 0 Å². The van der Waals surface area contributed by atoms with Gasteiger partial charge >= 0.3 is 7.12 Å². The van der Waals surface area contributed by atoms with Crippen LogP contribution < -0.4 is 16.5 Å². The third kappa shape index (κ3) is 5.13. The quantitative estimate of drug-likeness (QED) is 0.435. The number of anilines is 1. The second-order valence-electron chi connectivity index (χ2n) is 10.1. The van der Waals surface area contributed by atoms with Crippen LogP contribution in [-0.2, 0) is 9.31 Å². The number of halogens is 1. The minimum absolute atomic E-state index is 0.253. The molecule has 1 fully saturated rings. The number of nitrogens with one attached hydrogen (secondary N) is 1. The summed E-state index contributed by atoms with van der Waals surface area (Å²) in [6, 6.07) is 13.9. The zero-order valence-electron chi connectivity index (χ0n) is 21.1. The Morgan fingerprint density at radius 1 is 1.14 bits per heavy atom. The average molecular weight is 508 g/mol. The van der Waals surface area contributed by atoms with E-state index in [-0.39, 0.29) is 12.5 Å². The van der Waals surface area contributed by atoms with Gasteiger partial charge < -0.3 is 25.5 Å². The number of aliphatic hydroxyl groups is 1. The molecule has 1 unspecified atom stereocenters. The zero-order chi connectivity index (χ0) is 26.3. The van der Waals surface area contributed by atoms with Crippen LogP contribution >= 0.6 is 11.6 Å². The van der Waals surface area contributed by atoms with Crippen LogP contribution in [0.15, 0.2) is 54.7 Å². The second-order valence-corrected chi connectivity index (χ2v) is 10.5. The minimum atomic E-state index is -0.577. The summed E-state index contributed by atoms with van der Waals surface area (Å²) in [6.07, 6.45) is 1.67. The number of amides is 1. The van der Waals surface area contributed by atoms with Gasteiger partial charge in [0.2, 0.25) is 0 Å². The summed E-state index contributed by atoms with van der Waals surface area (Å²) in [5, 5.41) is 13.3. The van der Waals surface area contributed by atoms with Crippen molar-refractivity contribution in [2.24, 2.45) is 0 Å². The Labute approximate surface area is 217 Å². The molecule has 1 atom stereocenters. The highest BCUT2D eigenvalue weighted by atomic mass is 35.5. The fourth-order valence-electron chi connectivity index (χ4n) is 4.11. The number of nitrogens with zero attached hydrogens (tertiary/aromatic N) is 1. The number of carbonyl (C=O) groups is 1. The molecule has 0 spiro atoms. The minimum Gasteiger partial charge on any atom is -0.399 e. The second kappa shape index (κ2) is 9.86. The molecule has 1 amide bonds. The zero-order valence-corrected chi connectivity index (χ0v) is 21.9. The predicted octanol–water partition coefficient (Wildman–Crippen LogP) is 4.06. The molecule has 7 nitrogen and oxygen atoms in total. The first-order valence-electron chi connectivity index (χ1n) is 11.8. The smallest absolute Gasteiger partial charge is 0.399 e. The molecule has 3 aromatic rings. The maximum absolute atomic E-state index is 13.0. The van der Waals surface area contributed by atoms with E-state index in [4.69, 9.17) is 26.6 Å². The van der Waals surface area contributed by atoms with E-state index in [1.165, 1.54) is 0 Å². The summed E-state index contributed by atoms with van der Waals surface area (Å²) in [7, 11) is -0.560. The van der Waals surface area contributed by atoms with E-state index in [0.29, 0.717) is 16.4 Å². The molecule has 0 saturated carbocycles. The molecule has 0 aliphatic carbocycles. The summed E-state index contributed by atoms with van der Waals surface area (Å²) in [4.78, 5) is 17.4. The number of rotatable bonds is 6. The summed E-state index contributed by atoms with van der Waals surface area (Å²) >= 11 is 6.07. The number of nitrogen functional groups attached to an aromatic ring is 1. The number of nitrogens with two attached hydrogens (primary N) is 1. The molecule has 1 aromatic heterocycles. The number of pyridine rings is 1. The van der Waals surface area contributed by atoms with Gasteiger partial charge in [0.25, 0.3) is 5.91 Å². The Kier molecular flexibility index (Phi) is 7.17. The van der Waals surface area contributed by atoms with E-state index in [1.807, 2.05) is 58.9 Å². The number of aliphatic hydroxyl groups excluding tert-OH is 1. The summed E-state index contributed by atoms with van der Waals surface area (Å²) in [5.74, 6) is 0.0725. The molecule has 4 rings (SSSR count). The number of aromatic nitrogens is 1. The first-order chi connectivity index (χ1) is 16.9. The molecular formula is C27H31BClN3O4. The fraction of sp³-hybridized carbons (Fsp3) is 0.333. The molecule has 2 aromatic carbocycles. The van der Waals surface area contributed by atoms with Gasteiger partial charge in [0.05, 0.1) is 23.9 Å². The van der Waals surface area contributed by atoms with Gasteiger partial charge in [-0.05, 0) is 75.6 Å². The largest absolute Gasteiger partial charge is 0.496 e. The Bertz CT molecular complexity index is 1280. The molecular weight excluding hydrogens is 477 g/mol. The maximum Gasteiger partial charge on any atom is 0.496 e. The van der Waals surface area contributed by atoms with Crippen LogP contribution in [0.1, 0.15) is 55.2 Å². The highest BCUT2D eigenvalue weighted by Gasteiger charge is 2.51. The van der Waals surface area contributed by atoms with Crippen molar-refractivity contribution in [3.63, 3.8) is 0 Å². The standard InChI is InChI=1S/C27H31BClN3O4/c1-16-11-17(9-10-21(16)25(34)32-23(15-33)18-7-6-8-20(29)12-18)22-13-19(14-31-24(22)30)28-35-26(2,3)27(4,5)36-28/h6-14,23,33H,15H2,1-5H3,(H2,30,31)(H,32,34). The average Bonchev–Trinajstić information content (AvgIpc) is 3.04. The van der Waals surface area contributed by atoms with Crippen LogP contribution in [0.3, 0.4) is 0 Å². The molecule has 0 bridgehead atoms. The van der Waals surface area contributed by atoms with Crippen molar-refractivity contribution in [3.8, 4) is 11.1 Å². The first kappa shape index (κ1) is 26.2. The molecule has 1 aliphatic rings. The molecule has 188 valence electrons. The maximum atomic E-state index is 13.0. The Morgan fingerprint density at radius 2 is 1.83 bits per heavy atom. The van der Waals surface area contributed by atoms with Gasteiger partial charge in [-0.15, -0.1) is 0 Å². The summed E-state index contributed by atoms with van der Waals surface area (Å²) in [6.45, 7) is 9.60. The molecule has 36 heavy (non-hydrogen) atoms. The van der Waals surface area contributed by atoms with Gasteiger partial charge in [0.15, 0.2) is 0 Å². The molecule has 0 radical (unpaired) electrons. The topological polar surface area (TPSA) is 107 Å². The fourth-order valence-corrected chi connectivity index (χ4v) is 4.31. The van der Waals surface area contributed by atoms with Gasteiger partial charge in [-0.25, -0.2) is 4.98 Å². The number of hydrogen-bond acceptors (Lipinski definition) is 6. The number of hydrogen-bond donors (Lipinski definition) is 3. The summed E-state index contributed by atoms with van der Waals surface area (Å²) in [5.41, 5.74) is 9.58. The van der Waals surface area contributed by atoms with Crippen LogP contribution in [0.25, 0.3) is 11.1 Å². The molecule has 9 heteroatoms. The lowest BCUT2D eigenvalue weighted by atomic mass is 9.79. The van der Waals surface area contributed by atoms with Crippen molar-refractivity contribution in [3.05, 3.63) is 76.4 Å². The van der Waals surface area contributed by atoms with Crippen molar-refractivity contribution in [2.75, 3.05) is 12.3 Å².